The maximum atomic E-state index is 16.7. The van der Waals surface area contributed by atoms with E-state index in [1.807, 2.05) is 0 Å². The van der Waals surface area contributed by atoms with Crippen LogP contribution in [0.2, 0.25) is 0 Å². The van der Waals surface area contributed by atoms with E-state index in [2.05, 4.69) is 36.4 Å². The second-order valence-electron chi connectivity index (χ2n) is 28.5. The standard InChI is InChI=1S/C74H105F3O2S/c75-74(76,77)73(78)79-80(70-64(55-34-16-4-17-35-55)46-61(52-28-10-1-11-29-52)47-65(70)56-36-18-5-19-37-56,71-66(57-38-20-6-21-39-57)48-62(53-30-12-2-13-31-53)49-67(71)58-40-22-7-23-41-58)72-68(59-42-24-8-25-43-59)50-63(54-32-14-3-15-33-54)51-69(72)60-44-26-9-27-45-60/h46-60H,1-45H2. The highest BCUT2D eigenvalue weighted by Gasteiger charge is 2.54. The molecule has 3 aromatic carbocycles. The zero-order chi connectivity index (χ0) is 54.5. The van der Waals surface area contributed by atoms with Gasteiger partial charge in [0.2, 0.25) is 0 Å². The summed E-state index contributed by atoms with van der Waals surface area (Å²) in [5.74, 6) is 0.769. The van der Waals surface area contributed by atoms with Crippen LogP contribution in [0.25, 0.3) is 0 Å². The molecule has 2 nitrogen and oxygen atoms in total. The Bertz CT molecular complexity index is 2130. The van der Waals surface area contributed by atoms with Crippen molar-refractivity contribution in [2.24, 2.45) is 0 Å². The van der Waals surface area contributed by atoms with Gasteiger partial charge in [-0.25, -0.2) is 4.79 Å². The summed E-state index contributed by atoms with van der Waals surface area (Å²) in [5.41, 5.74) is 12.4. The van der Waals surface area contributed by atoms with E-state index in [0.29, 0.717) is 17.8 Å². The molecule has 0 atom stereocenters. The molecule has 0 aromatic heterocycles. The molecule has 0 aliphatic heterocycles. The lowest BCUT2D eigenvalue weighted by Crippen LogP contribution is -2.32. The molecule has 9 aliphatic carbocycles. The van der Waals surface area contributed by atoms with Gasteiger partial charge in [0.05, 0.1) is 0 Å². The molecule has 0 spiro atoms. The van der Waals surface area contributed by atoms with Crippen molar-refractivity contribution in [2.45, 2.75) is 363 Å². The summed E-state index contributed by atoms with van der Waals surface area (Å²) in [6.45, 7) is 0. The van der Waals surface area contributed by atoms with Crippen molar-refractivity contribution in [1.29, 1.82) is 0 Å². The second kappa shape index (κ2) is 26.7. The number of hydrogen-bond acceptors (Lipinski definition) is 2. The summed E-state index contributed by atoms with van der Waals surface area (Å²) in [6, 6.07) is 15.9. The summed E-state index contributed by atoms with van der Waals surface area (Å²) in [4.78, 5) is 19.2. The average Bonchev–Trinajstić information content (AvgIpc) is 3.65. The monoisotopic (exact) mass is 1110 g/mol. The fourth-order valence-corrected chi connectivity index (χ4v) is 23.5. The molecule has 9 fully saturated rings. The van der Waals surface area contributed by atoms with Gasteiger partial charge in [-0.1, -0.05) is 210 Å². The van der Waals surface area contributed by atoms with Gasteiger partial charge in [0.25, 0.3) is 0 Å². The van der Waals surface area contributed by atoms with Gasteiger partial charge in [-0.05, 0) is 229 Å². The number of rotatable bonds is 13. The minimum Gasteiger partial charge on any atom is -0.395 e. The van der Waals surface area contributed by atoms with Crippen LogP contribution < -0.4 is 0 Å². The van der Waals surface area contributed by atoms with E-state index in [1.165, 1.54) is 185 Å². The van der Waals surface area contributed by atoms with Gasteiger partial charge in [0.1, 0.15) is 0 Å². The first-order valence-electron chi connectivity index (χ1n) is 34.9. The number of alkyl halides is 3. The Kier molecular flexibility index (Phi) is 19.2. The van der Waals surface area contributed by atoms with Gasteiger partial charge < -0.3 is 4.18 Å². The SMILES string of the molecule is O=C(OS(c1c(C2CCCCC2)cc(C2CCCCC2)cc1C1CCCCC1)(c1c(C2CCCCC2)cc(C2CCCCC2)cc1C1CCCCC1)c1c(C2CCCCC2)cc(C2CCCCC2)cc1C1CCCCC1)C(F)(F)F. The summed E-state index contributed by atoms with van der Waals surface area (Å²) in [5, 5.41) is 0. The maximum Gasteiger partial charge on any atom is 0.491 e. The fourth-order valence-electron chi connectivity index (χ4n) is 19.0. The quantitative estimate of drug-likeness (QED) is 0.170. The van der Waals surface area contributed by atoms with Crippen molar-refractivity contribution in [3.63, 3.8) is 0 Å². The van der Waals surface area contributed by atoms with Crippen LogP contribution in [-0.2, 0) is 8.98 Å². The summed E-state index contributed by atoms with van der Waals surface area (Å²) in [6.07, 6.45) is 47.1. The molecular formula is C74H105F3O2S. The van der Waals surface area contributed by atoms with Gasteiger partial charge >= 0.3 is 12.1 Å². The van der Waals surface area contributed by atoms with E-state index in [0.717, 1.165) is 169 Å². The maximum absolute atomic E-state index is 16.7. The molecule has 0 N–H and O–H groups in total. The molecule has 9 aliphatic rings. The van der Waals surface area contributed by atoms with E-state index >= 15 is 18.0 Å². The summed E-state index contributed by atoms with van der Waals surface area (Å²) in [7, 11) is -3.51. The molecule has 0 amide bonds. The first-order valence-corrected chi connectivity index (χ1v) is 36.5. The lowest BCUT2D eigenvalue weighted by Gasteiger charge is -2.51. The Hall–Kier alpha value is -2.73. The van der Waals surface area contributed by atoms with Crippen molar-refractivity contribution in [3.05, 3.63) is 86.5 Å². The highest BCUT2D eigenvalue weighted by atomic mass is 32.3. The Morgan fingerprint density at radius 3 is 0.613 bits per heavy atom. The first kappa shape index (κ1) is 57.7. The number of carbonyl (C=O) groups excluding carboxylic acids is 1. The second-order valence-corrected chi connectivity index (χ2v) is 31.0. The Balaban J connectivity index is 1.31. The minimum absolute atomic E-state index is 0.219. The van der Waals surface area contributed by atoms with Crippen LogP contribution in [0.3, 0.4) is 0 Å². The van der Waals surface area contributed by atoms with Crippen LogP contribution in [0.5, 0.6) is 0 Å². The van der Waals surface area contributed by atoms with Crippen LogP contribution in [-0.4, -0.2) is 12.1 Å². The van der Waals surface area contributed by atoms with Crippen LogP contribution in [0, 0.1) is 0 Å². The minimum atomic E-state index is -5.16. The van der Waals surface area contributed by atoms with Crippen LogP contribution in [0.15, 0.2) is 51.1 Å². The van der Waals surface area contributed by atoms with Crippen molar-refractivity contribution >= 4 is 16.3 Å². The van der Waals surface area contributed by atoms with Crippen molar-refractivity contribution in [2.75, 3.05) is 0 Å². The summed E-state index contributed by atoms with van der Waals surface area (Å²) < 4.78 is 58.0. The Morgan fingerprint density at radius 1 is 0.287 bits per heavy atom. The van der Waals surface area contributed by atoms with Crippen molar-refractivity contribution in [3.8, 4) is 0 Å². The van der Waals surface area contributed by atoms with Crippen molar-refractivity contribution in [1.82, 2.24) is 0 Å². The van der Waals surface area contributed by atoms with Crippen LogP contribution in [0.1, 0.15) is 392 Å². The normalized spacial score (nSPS) is 24.7. The lowest BCUT2D eigenvalue weighted by molar-refractivity contribution is -0.188. The molecular weight excluding hydrogens is 1010 g/mol. The number of halogens is 3. The first-order chi connectivity index (χ1) is 39.2. The van der Waals surface area contributed by atoms with Gasteiger partial charge in [-0.2, -0.15) is 13.2 Å². The Morgan fingerprint density at radius 2 is 0.450 bits per heavy atom. The molecule has 80 heavy (non-hydrogen) atoms. The number of hydrogen-bond donors (Lipinski definition) is 0. The lowest BCUT2D eigenvalue weighted by atomic mass is 9.75. The molecule has 0 saturated heterocycles. The van der Waals surface area contributed by atoms with Gasteiger partial charge in [-0.3, -0.25) is 0 Å². The predicted octanol–water partition coefficient (Wildman–Crippen LogP) is 24.4. The molecule has 0 bridgehead atoms. The zero-order valence-electron chi connectivity index (χ0n) is 49.8. The third kappa shape index (κ3) is 12.5. The molecule has 0 heterocycles. The zero-order valence-corrected chi connectivity index (χ0v) is 50.7. The van der Waals surface area contributed by atoms with Crippen molar-refractivity contribution < 1.29 is 22.1 Å². The fraction of sp³-hybridized carbons (Fsp3) is 0.743. The molecule has 12 rings (SSSR count). The Labute approximate surface area is 485 Å². The molecule has 9 saturated carbocycles. The van der Waals surface area contributed by atoms with Gasteiger partial charge in [0, 0.05) is 14.7 Å². The number of carbonyl (C=O) groups is 1. The third-order valence-corrected chi connectivity index (χ3v) is 26.8. The van der Waals surface area contributed by atoms with E-state index in [-0.39, 0.29) is 35.5 Å². The van der Waals surface area contributed by atoms with Crippen LogP contribution in [0.4, 0.5) is 13.2 Å². The topological polar surface area (TPSA) is 26.3 Å². The van der Waals surface area contributed by atoms with Gasteiger partial charge in [0.15, 0.2) is 0 Å². The van der Waals surface area contributed by atoms with E-state index in [9.17, 15) is 0 Å². The highest BCUT2D eigenvalue weighted by Crippen LogP contribution is 2.79. The third-order valence-electron chi connectivity index (χ3n) is 23.3. The summed E-state index contributed by atoms with van der Waals surface area (Å²) >= 11 is 0. The van der Waals surface area contributed by atoms with Gasteiger partial charge in [-0.15, -0.1) is 0 Å². The number of benzene rings is 3. The smallest absolute Gasteiger partial charge is 0.395 e. The van der Waals surface area contributed by atoms with Crippen LogP contribution >= 0.6 is 10.3 Å². The molecule has 6 heteroatoms. The predicted molar refractivity (Wildman–Crippen MR) is 326 cm³/mol. The molecule has 440 valence electrons. The van der Waals surface area contributed by atoms with E-state index in [1.54, 1.807) is 0 Å². The highest BCUT2D eigenvalue weighted by molar-refractivity contribution is 8.30. The largest absolute Gasteiger partial charge is 0.491 e. The average molecular weight is 1120 g/mol. The van der Waals surface area contributed by atoms with E-state index in [4.69, 9.17) is 4.18 Å². The van der Waals surface area contributed by atoms with E-state index < -0.39 is 22.5 Å². The molecule has 0 unspecified atom stereocenters. The molecule has 3 aromatic rings. The molecule has 0 radical (unpaired) electrons.